The molecule has 3 rings (SSSR count). The lowest BCUT2D eigenvalue weighted by Gasteiger charge is -2.17. The third-order valence-electron chi connectivity index (χ3n) is 3.73. The number of likely N-dealkylation sites (N-methyl/N-ethyl adjacent to an activating group) is 1. The van der Waals surface area contributed by atoms with Crippen LogP contribution < -0.4 is 5.56 Å². The summed E-state index contributed by atoms with van der Waals surface area (Å²) in [5.74, 6) is -0.201. The first kappa shape index (κ1) is 17.6. The van der Waals surface area contributed by atoms with Crippen molar-refractivity contribution in [2.75, 3.05) is 7.05 Å². The van der Waals surface area contributed by atoms with Crippen molar-refractivity contribution in [1.29, 1.82) is 0 Å². The Labute approximate surface area is 157 Å². The molecule has 0 aliphatic rings. The number of hydrogen-bond donors (Lipinski definition) is 0. The maximum Gasteiger partial charge on any atom is 0.261 e. The van der Waals surface area contributed by atoms with Gasteiger partial charge in [-0.3, -0.25) is 14.2 Å². The van der Waals surface area contributed by atoms with Crippen LogP contribution in [0.1, 0.15) is 5.56 Å². The molecular weight excluding hydrogens is 408 g/mol. The second-order valence-corrected chi connectivity index (χ2v) is 6.88. The summed E-state index contributed by atoms with van der Waals surface area (Å²) < 4.78 is 2.10. The molecule has 25 heavy (non-hydrogen) atoms. The Morgan fingerprint density at radius 2 is 2.08 bits per heavy atom. The van der Waals surface area contributed by atoms with Crippen LogP contribution in [0.3, 0.4) is 0 Å². The molecule has 128 valence electrons. The highest BCUT2D eigenvalue weighted by atomic mass is 79.9. The first-order chi connectivity index (χ1) is 11.9. The Morgan fingerprint density at radius 3 is 2.80 bits per heavy atom. The Balaban J connectivity index is 1.78. The van der Waals surface area contributed by atoms with Crippen LogP contribution in [0.5, 0.6) is 0 Å². The SMILES string of the molecule is CN(Cc1ccc(Cl)nc1)C(=O)Cn1cnc2ccc(Br)cc2c1=O. The smallest absolute Gasteiger partial charge is 0.261 e. The molecule has 0 fully saturated rings. The number of aromatic nitrogens is 3. The topological polar surface area (TPSA) is 68.1 Å². The Kier molecular flexibility index (Phi) is 5.15. The zero-order chi connectivity index (χ0) is 18.0. The summed E-state index contributed by atoms with van der Waals surface area (Å²) in [6.07, 6.45) is 3.02. The van der Waals surface area contributed by atoms with Crippen LogP contribution in [0.4, 0.5) is 0 Å². The molecule has 6 nitrogen and oxygen atoms in total. The molecule has 0 atom stereocenters. The van der Waals surface area contributed by atoms with Gasteiger partial charge in [0.1, 0.15) is 11.7 Å². The zero-order valence-corrected chi connectivity index (χ0v) is 15.7. The molecule has 8 heteroatoms. The maximum absolute atomic E-state index is 12.5. The standard InChI is InChI=1S/C17H14BrClN4O2/c1-22(8-11-2-5-15(19)20-7-11)16(24)9-23-10-21-14-4-3-12(18)6-13(14)17(23)25/h2-7,10H,8-9H2,1H3. The number of fused-ring (bicyclic) bond motifs is 1. The normalized spacial score (nSPS) is 10.8. The lowest BCUT2D eigenvalue weighted by Crippen LogP contribution is -2.33. The molecule has 0 radical (unpaired) electrons. The van der Waals surface area contributed by atoms with E-state index in [2.05, 4.69) is 25.9 Å². The minimum absolute atomic E-state index is 0.0776. The molecule has 3 aromatic rings. The molecule has 0 unspecified atom stereocenters. The molecule has 0 bridgehead atoms. The van der Waals surface area contributed by atoms with Gasteiger partial charge in [0.2, 0.25) is 5.91 Å². The van der Waals surface area contributed by atoms with Crippen molar-refractivity contribution in [3.63, 3.8) is 0 Å². The number of carbonyl (C=O) groups excluding carboxylic acids is 1. The van der Waals surface area contributed by atoms with Gasteiger partial charge < -0.3 is 4.90 Å². The number of pyridine rings is 1. The van der Waals surface area contributed by atoms with Gasteiger partial charge in [0.15, 0.2) is 0 Å². The number of hydrogen-bond acceptors (Lipinski definition) is 4. The first-order valence-electron chi connectivity index (χ1n) is 7.43. The van der Waals surface area contributed by atoms with Crippen molar-refractivity contribution in [2.24, 2.45) is 0 Å². The molecule has 1 amide bonds. The number of rotatable bonds is 4. The predicted octanol–water partition coefficient (Wildman–Crippen LogP) is 2.87. The van der Waals surface area contributed by atoms with Crippen molar-refractivity contribution in [2.45, 2.75) is 13.1 Å². The van der Waals surface area contributed by atoms with Crippen molar-refractivity contribution in [3.05, 3.63) is 68.4 Å². The van der Waals surface area contributed by atoms with E-state index in [1.807, 2.05) is 6.07 Å². The quantitative estimate of drug-likeness (QED) is 0.608. The van der Waals surface area contributed by atoms with Gasteiger partial charge in [0.25, 0.3) is 5.56 Å². The number of benzene rings is 1. The van der Waals surface area contributed by atoms with Gasteiger partial charge in [0, 0.05) is 24.3 Å². The van der Waals surface area contributed by atoms with E-state index in [1.165, 1.54) is 15.8 Å². The minimum Gasteiger partial charge on any atom is -0.340 e. The van der Waals surface area contributed by atoms with Gasteiger partial charge in [-0.2, -0.15) is 0 Å². The Bertz CT molecular complexity index is 988. The number of carbonyl (C=O) groups is 1. The molecule has 2 aromatic heterocycles. The van der Waals surface area contributed by atoms with E-state index >= 15 is 0 Å². The number of nitrogens with zero attached hydrogens (tertiary/aromatic N) is 4. The van der Waals surface area contributed by atoms with Crippen LogP contribution in [-0.4, -0.2) is 32.4 Å². The number of amides is 1. The van der Waals surface area contributed by atoms with Gasteiger partial charge in [-0.05, 0) is 29.8 Å². The van der Waals surface area contributed by atoms with Crippen LogP contribution in [0.2, 0.25) is 5.15 Å². The fraction of sp³-hybridized carbons (Fsp3) is 0.176. The molecule has 0 aliphatic carbocycles. The van der Waals surface area contributed by atoms with Gasteiger partial charge in [-0.25, -0.2) is 9.97 Å². The molecule has 2 heterocycles. The van der Waals surface area contributed by atoms with Crippen LogP contribution in [-0.2, 0) is 17.9 Å². The summed E-state index contributed by atoms with van der Waals surface area (Å²) in [5, 5.41) is 0.868. The van der Waals surface area contributed by atoms with Crippen LogP contribution in [0.15, 0.2) is 52.1 Å². The molecule has 0 saturated heterocycles. The highest BCUT2D eigenvalue weighted by molar-refractivity contribution is 9.10. The summed E-state index contributed by atoms with van der Waals surface area (Å²) in [4.78, 5) is 34.7. The highest BCUT2D eigenvalue weighted by Gasteiger charge is 2.13. The van der Waals surface area contributed by atoms with E-state index in [1.54, 1.807) is 37.5 Å². The molecule has 0 saturated carbocycles. The van der Waals surface area contributed by atoms with Gasteiger partial charge in [-0.15, -0.1) is 0 Å². The predicted molar refractivity (Wildman–Crippen MR) is 99.4 cm³/mol. The van der Waals surface area contributed by atoms with Gasteiger partial charge in [-0.1, -0.05) is 33.6 Å². The van der Waals surface area contributed by atoms with E-state index in [0.717, 1.165) is 10.0 Å². The van der Waals surface area contributed by atoms with Crippen molar-refractivity contribution >= 4 is 44.3 Å². The fourth-order valence-corrected chi connectivity index (χ4v) is 2.85. The maximum atomic E-state index is 12.5. The average molecular weight is 422 g/mol. The summed E-state index contributed by atoms with van der Waals surface area (Å²) in [6, 6.07) is 8.75. The van der Waals surface area contributed by atoms with Crippen LogP contribution in [0, 0.1) is 0 Å². The molecule has 1 aromatic carbocycles. The summed E-state index contributed by atoms with van der Waals surface area (Å²) in [6.45, 7) is 0.302. The first-order valence-corrected chi connectivity index (χ1v) is 8.60. The molecule has 0 aliphatic heterocycles. The lowest BCUT2D eigenvalue weighted by molar-refractivity contribution is -0.131. The largest absolute Gasteiger partial charge is 0.340 e. The van der Waals surface area contributed by atoms with E-state index in [4.69, 9.17) is 11.6 Å². The second kappa shape index (κ2) is 7.33. The summed E-state index contributed by atoms with van der Waals surface area (Å²) in [7, 11) is 1.67. The average Bonchev–Trinajstić information content (AvgIpc) is 2.59. The van der Waals surface area contributed by atoms with Crippen LogP contribution >= 0.6 is 27.5 Å². The third-order valence-corrected chi connectivity index (χ3v) is 4.44. The Hall–Kier alpha value is -2.25. The van der Waals surface area contributed by atoms with Gasteiger partial charge >= 0.3 is 0 Å². The second-order valence-electron chi connectivity index (χ2n) is 5.58. The minimum atomic E-state index is -0.249. The lowest BCUT2D eigenvalue weighted by atomic mass is 10.2. The van der Waals surface area contributed by atoms with E-state index < -0.39 is 0 Å². The zero-order valence-electron chi connectivity index (χ0n) is 13.3. The highest BCUT2D eigenvalue weighted by Crippen LogP contribution is 2.15. The van der Waals surface area contributed by atoms with E-state index in [-0.39, 0.29) is 18.0 Å². The Morgan fingerprint density at radius 1 is 1.28 bits per heavy atom. The summed E-state index contributed by atoms with van der Waals surface area (Å²) in [5.41, 5.74) is 1.20. The molecule has 0 N–H and O–H groups in total. The number of halogens is 2. The van der Waals surface area contributed by atoms with E-state index in [9.17, 15) is 9.59 Å². The summed E-state index contributed by atoms with van der Waals surface area (Å²) >= 11 is 9.10. The van der Waals surface area contributed by atoms with Crippen molar-refractivity contribution in [3.8, 4) is 0 Å². The molecular formula is C17H14BrClN4O2. The van der Waals surface area contributed by atoms with Crippen molar-refractivity contribution in [1.82, 2.24) is 19.4 Å². The van der Waals surface area contributed by atoms with E-state index in [0.29, 0.717) is 22.6 Å². The molecule has 0 spiro atoms. The van der Waals surface area contributed by atoms with Crippen LogP contribution in [0.25, 0.3) is 10.9 Å². The van der Waals surface area contributed by atoms with Crippen molar-refractivity contribution < 1.29 is 4.79 Å². The fourth-order valence-electron chi connectivity index (χ4n) is 2.37. The monoisotopic (exact) mass is 420 g/mol. The third kappa shape index (κ3) is 4.05. The van der Waals surface area contributed by atoms with Gasteiger partial charge in [0.05, 0.1) is 17.2 Å².